The van der Waals surface area contributed by atoms with E-state index in [9.17, 15) is 14.4 Å². The summed E-state index contributed by atoms with van der Waals surface area (Å²) in [4.78, 5) is 38.0. The molecule has 0 radical (unpaired) electrons. The second-order valence-electron chi connectivity index (χ2n) is 5.50. The lowest BCUT2D eigenvalue weighted by Gasteiger charge is -2.14. The molecule has 3 amide bonds. The van der Waals surface area contributed by atoms with Gasteiger partial charge in [-0.05, 0) is 24.3 Å². The molecule has 0 spiro atoms. The largest absolute Gasteiger partial charge is 0.484 e. The molecular weight excluding hydrogens is 330 g/mol. The summed E-state index contributed by atoms with van der Waals surface area (Å²) in [6, 6.07) is 6.81. The molecule has 1 fully saturated rings. The Balaban J connectivity index is 1.75. The average Bonchev–Trinajstić information content (AvgIpc) is 2.97. The van der Waals surface area contributed by atoms with Crippen LogP contribution in [-0.2, 0) is 9.59 Å². The summed E-state index contributed by atoms with van der Waals surface area (Å²) >= 11 is 1.29. The SMILES string of the molecule is CN(C)C(=O)COc1ccc(NC(=O)CCN2CCSC2=O)cc1. The summed E-state index contributed by atoms with van der Waals surface area (Å²) in [6.45, 7) is 1.11. The van der Waals surface area contributed by atoms with Crippen molar-refractivity contribution in [2.75, 3.05) is 44.9 Å². The minimum absolute atomic E-state index is 0.0272. The molecule has 2 rings (SSSR count). The van der Waals surface area contributed by atoms with Gasteiger partial charge in [0.25, 0.3) is 11.1 Å². The maximum absolute atomic E-state index is 11.9. The minimum atomic E-state index is -0.142. The highest BCUT2D eigenvalue weighted by molar-refractivity contribution is 8.13. The number of rotatable bonds is 7. The fourth-order valence-electron chi connectivity index (χ4n) is 2.00. The quantitative estimate of drug-likeness (QED) is 0.808. The van der Waals surface area contributed by atoms with Gasteiger partial charge in [0.15, 0.2) is 6.61 Å². The van der Waals surface area contributed by atoms with E-state index < -0.39 is 0 Å². The number of nitrogens with zero attached hydrogens (tertiary/aromatic N) is 2. The van der Waals surface area contributed by atoms with Crippen LogP contribution in [0.3, 0.4) is 0 Å². The molecule has 7 nitrogen and oxygen atoms in total. The number of carbonyl (C=O) groups excluding carboxylic acids is 3. The van der Waals surface area contributed by atoms with E-state index in [1.807, 2.05) is 0 Å². The number of nitrogens with one attached hydrogen (secondary N) is 1. The minimum Gasteiger partial charge on any atom is -0.484 e. The standard InChI is InChI=1S/C16H21N3O4S/c1-18(2)15(21)11-23-13-5-3-12(4-6-13)17-14(20)7-8-19-9-10-24-16(19)22/h3-6H,7-11H2,1-2H3,(H,17,20). The molecule has 1 aromatic carbocycles. The summed E-state index contributed by atoms with van der Waals surface area (Å²) in [5.74, 6) is 1.08. The van der Waals surface area contributed by atoms with Crippen molar-refractivity contribution in [1.29, 1.82) is 0 Å². The summed E-state index contributed by atoms with van der Waals surface area (Å²) in [6.07, 6.45) is 0.266. The Kier molecular flexibility index (Phi) is 6.48. The van der Waals surface area contributed by atoms with Crippen LogP contribution in [0, 0.1) is 0 Å². The van der Waals surface area contributed by atoms with E-state index in [-0.39, 0.29) is 30.1 Å². The highest BCUT2D eigenvalue weighted by Crippen LogP contribution is 2.18. The number of anilines is 1. The van der Waals surface area contributed by atoms with Crippen molar-refractivity contribution in [3.8, 4) is 5.75 Å². The van der Waals surface area contributed by atoms with Gasteiger partial charge < -0.3 is 19.9 Å². The van der Waals surface area contributed by atoms with Crippen molar-refractivity contribution >= 4 is 34.5 Å². The topological polar surface area (TPSA) is 79.0 Å². The Morgan fingerprint density at radius 1 is 1.29 bits per heavy atom. The zero-order chi connectivity index (χ0) is 17.5. The van der Waals surface area contributed by atoms with E-state index >= 15 is 0 Å². The van der Waals surface area contributed by atoms with Crippen LogP contribution in [0.5, 0.6) is 5.75 Å². The summed E-state index contributed by atoms with van der Waals surface area (Å²) in [5, 5.41) is 2.82. The van der Waals surface area contributed by atoms with Crippen LogP contribution in [-0.4, -0.2) is 66.4 Å². The van der Waals surface area contributed by atoms with E-state index in [2.05, 4.69) is 5.32 Å². The summed E-state index contributed by atoms with van der Waals surface area (Å²) in [7, 11) is 3.33. The van der Waals surface area contributed by atoms with Crippen LogP contribution in [0.2, 0.25) is 0 Å². The first-order valence-electron chi connectivity index (χ1n) is 7.60. The van der Waals surface area contributed by atoms with Crippen molar-refractivity contribution in [1.82, 2.24) is 9.80 Å². The highest BCUT2D eigenvalue weighted by atomic mass is 32.2. The van der Waals surface area contributed by atoms with Crippen molar-refractivity contribution < 1.29 is 19.1 Å². The number of amides is 3. The first-order chi connectivity index (χ1) is 11.5. The molecule has 1 saturated heterocycles. The molecule has 130 valence electrons. The maximum atomic E-state index is 11.9. The lowest BCUT2D eigenvalue weighted by molar-refractivity contribution is -0.130. The van der Waals surface area contributed by atoms with Crippen LogP contribution >= 0.6 is 11.8 Å². The Bertz CT molecular complexity index is 604. The molecule has 0 bridgehead atoms. The van der Waals surface area contributed by atoms with Gasteiger partial charge in [-0.15, -0.1) is 0 Å². The summed E-state index contributed by atoms with van der Waals surface area (Å²) < 4.78 is 5.37. The molecule has 0 unspecified atom stereocenters. The molecule has 1 N–H and O–H groups in total. The van der Waals surface area contributed by atoms with Gasteiger partial charge in [0.2, 0.25) is 5.91 Å². The molecule has 1 aromatic rings. The van der Waals surface area contributed by atoms with E-state index in [4.69, 9.17) is 4.74 Å². The Morgan fingerprint density at radius 2 is 2.00 bits per heavy atom. The number of likely N-dealkylation sites (N-methyl/N-ethyl adjacent to an activating group) is 1. The van der Waals surface area contributed by atoms with Gasteiger partial charge in [-0.3, -0.25) is 14.4 Å². The molecule has 1 aliphatic heterocycles. The van der Waals surface area contributed by atoms with E-state index in [0.29, 0.717) is 24.5 Å². The molecule has 0 saturated carbocycles. The van der Waals surface area contributed by atoms with Crippen LogP contribution in [0.15, 0.2) is 24.3 Å². The van der Waals surface area contributed by atoms with Crippen LogP contribution in [0.4, 0.5) is 10.5 Å². The number of carbonyl (C=O) groups is 3. The smallest absolute Gasteiger partial charge is 0.281 e. The molecule has 8 heteroatoms. The van der Waals surface area contributed by atoms with E-state index in [1.54, 1.807) is 43.3 Å². The van der Waals surface area contributed by atoms with Gasteiger partial charge in [-0.25, -0.2) is 0 Å². The van der Waals surface area contributed by atoms with E-state index in [0.717, 1.165) is 5.75 Å². The zero-order valence-electron chi connectivity index (χ0n) is 13.8. The normalized spacial score (nSPS) is 13.8. The molecule has 0 atom stereocenters. The average molecular weight is 351 g/mol. The number of thioether (sulfide) groups is 1. The van der Waals surface area contributed by atoms with Crippen LogP contribution < -0.4 is 10.1 Å². The second kappa shape index (κ2) is 8.58. The predicted octanol–water partition coefficient (Wildman–Crippen LogP) is 1.65. The number of hydrogen-bond acceptors (Lipinski definition) is 5. The van der Waals surface area contributed by atoms with Crippen molar-refractivity contribution in [2.24, 2.45) is 0 Å². The molecule has 24 heavy (non-hydrogen) atoms. The Hall–Kier alpha value is -2.22. The lowest BCUT2D eigenvalue weighted by atomic mass is 10.3. The number of hydrogen-bond donors (Lipinski definition) is 1. The lowest BCUT2D eigenvalue weighted by Crippen LogP contribution is -2.27. The first kappa shape index (κ1) is 18.1. The van der Waals surface area contributed by atoms with Gasteiger partial charge in [-0.2, -0.15) is 0 Å². The molecule has 0 aliphatic carbocycles. The monoisotopic (exact) mass is 351 g/mol. The third-order valence-corrected chi connectivity index (χ3v) is 4.34. The van der Waals surface area contributed by atoms with Gasteiger partial charge in [0.05, 0.1) is 0 Å². The van der Waals surface area contributed by atoms with Gasteiger partial charge in [-0.1, -0.05) is 11.8 Å². The zero-order valence-corrected chi connectivity index (χ0v) is 14.6. The van der Waals surface area contributed by atoms with Crippen LogP contribution in [0.25, 0.3) is 0 Å². The van der Waals surface area contributed by atoms with Gasteiger partial charge >= 0.3 is 0 Å². The Labute approximate surface area is 145 Å². The third kappa shape index (κ3) is 5.45. The summed E-state index contributed by atoms with van der Waals surface area (Å²) in [5.41, 5.74) is 0.647. The molecule has 0 aromatic heterocycles. The number of ether oxygens (including phenoxy) is 1. The third-order valence-electron chi connectivity index (χ3n) is 3.45. The molecule has 1 aliphatic rings. The van der Waals surface area contributed by atoms with Crippen molar-refractivity contribution in [2.45, 2.75) is 6.42 Å². The fourth-order valence-corrected chi connectivity index (χ4v) is 2.85. The predicted molar refractivity (Wildman–Crippen MR) is 93.3 cm³/mol. The van der Waals surface area contributed by atoms with Crippen LogP contribution in [0.1, 0.15) is 6.42 Å². The van der Waals surface area contributed by atoms with Crippen molar-refractivity contribution in [3.63, 3.8) is 0 Å². The first-order valence-corrected chi connectivity index (χ1v) is 8.59. The van der Waals surface area contributed by atoms with Crippen molar-refractivity contribution in [3.05, 3.63) is 24.3 Å². The Morgan fingerprint density at radius 3 is 2.58 bits per heavy atom. The van der Waals surface area contributed by atoms with Gasteiger partial charge in [0.1, 0.15) is 5.75 Å². The molecular formula is C16H21N3O4S. The molecule has 1 heterocycles. The maximum Gasteiger partial charge on any atom is 0.281 e. The van der Waals surface area contributed by atoms with E-state index in [1.165, 1.54) is 16.7 Å². The second-order valence-corrected chi connectivity index (χ2v) is 6.55. The van der Waals surface area contributed by atoms with Gasteiger partial charge in [0, 0.05) is 45.0 Å². The fraction of sp³-hybridized carbons (Fsp3) is 0.438. The highest BCUT2D eigenvalue weighted by Gasteiger charge is 2.21. The number of benzene rings is 1.